The summed E-state index contributed by atoms with van der Waals surface area (Å²) in [6.07, 6.45) is 10.1. The van der Waals surface area contributed by atoms with Crippen LogP contribution in [0.25, 0.3) is 52.4 Å². The van der Waals surface area contributed by atoms with Crippen LogP contribution in [0.1, 0.15) is 28.3 Å². The van der Waals surface area contributed by atoms with Gasteiger partial charge in [0.05, 0.1) is 22.8 Å². The largest absolute Gasteiger partial charge is 0.355 e. The van der Waals surface area contributed by atoms with Crippen LogP contribution in [0, 0.1) is 0 Å². The molecule has 2 aliphatic rings. The number of H-pyrrole nitrogens is 2. The fourth-order valence-corrected chi connectivity index (χ4v) is 3.53. The predicted octanol–water partition coefficient (Wildman–Crippen LogP) is 6.02. The highest BCUT2D eigenvalue weighted by Gasteiger charge is 2.04. The number of halogens is 1. The molecule has 8 bridgehead atoms. The Hall–Kier alpha value is -3.18. The first kappa shape index (κ1) is 16.0. The highest BCUT2D eigenvalue weighted by molar-refractivity contribution is 9.11. The van der Waals surface area contributed by atoms with Gasteiger partial charge in [-0.3, -0.25) is 0 Å². The first-order chi connectivity index (χ1) is 13.2. The van der Waals surface area contributed by atoms with Gasteiger partial charge in [0.2, 0.25) is 0 Å². The summed E-state index contributed by atoms with van der Waals surface area (Å²) in [4.78, 5) is 18.1. The fraction of sp³-hybridized carbons (Fsp3) is 0. The minimum absolute atomic E-state index is 0.899. The molecule has 0 aliphatic carbocycles. The van der Waals surface area contributed by atoms with Crippen LogP contribution < -0.4 is 0 Å². The van der Waals surface area contributed by atoms with Gasteiger partial charge < -0.3 is 9.97 Å². The quantitative estimate of drug-likeness (QED) is 0.352. The van der Waals surface area contributed by atoms with E-state index in [4.69, 9.17) is 0 Å². The van der Waals surface area contributed by atoms with Gasteiger partial charge in [-0.1, -0.05) is 15.9 Å². The molecule has 0 unspecified atom stereocenters. The van der Waals surface area contributed by atoms with Crippen molar-refractivity contribution in [2.75, 3.05) is 0 Å². The van der Waals surface area contributed by atoms with Gasteiger partial charge in [-0.15, -0.1) is 0 Å². The average Bonchev–Trinajstić information content (AvgIpc) is 3.41. The van der Waals surface area contributed by atoms with Gasteiger partial charge in [0.25, 0.3) is 0 Å². The molecule has 0 saturated carbocycles. The molecular weight excluding hydrogens is 400 g/mol. The molecule has 0 amide bonds. The van der Waals surface area contributed by atoms with Gasteiger partial charge >= 0.3 is 0 Å². The van der Waals surface area contributed by atoms with Crippen molar-refractivity contribution in [3.63, 3.8) is 0 Å². The van der Waals surface area contributed by atoms with Gasteiger partial charge in [0.1, 0.15) is 0 Å². The van der Waals surface area contributed by atoms with Crippen LogP contribution >= 0.6 is 15.9 Å². The zero-order valence-electron chi connectivity index (χ0n) is 14.3. The summed E-state index contributed by atoms with van der Waals surface area (Å²) >= 11 is 3.37. The molecule has 4 nitrogen and oxygen atoms in total. The van der Waals surface area contributed by atoms with Crippen molar-refractivity contribution in [2.24, 2.45) is 0 Å². The van der Waals surface area contributed by atoms with Crippen molar-refractivity contribution >= 4 is 68.4 Å². The second-order valence-electron chi connectivity index (χ2n) is 6.42. The molecular formula is C22H15BrN4. The van der Waals surface area contributed by atoms with E-state index in [9.17, 15) is 0 Å². The first-order valence-electron chi connectivity index (χ1n) is 8.60. The van der Waals surface area contributed by atoms with Crippen LogP contribution in [0.4, 0.5) is 0 Å². The number of nitrogens with zero attached hydrogens (tertiary/aromatic N) is 2. The van der Waals surface area contributed by atoms with E-state index >= 15 is 0 Å². The highest BCUT2D eigenvalue weighted by Crippen LogP contribution is 2.20. The smallest absolute Gasteiger partial charge is 0.0659 e. The van der Waals surface area contributed by atoms with E-state index in [0.29, 0.717) is 0 Å². The minimum atomic E-state index is 0.899. The third kappa shape index (κ3) is 3.29. The molecule has 3 aromatic heterocycles. The van der Waals surface area contributed by atoms with Gasteiger partial charge in [-0.05, 0) is 77.8 Å². The highest BCUT2D eigenvalue weighted by atomic mass is 79.9. The van der Waals surface area contributed by atoms with E-state index in [1.165, 1.54) is 0 Å². The number of rotatable bonds is 1. The third-order valence-corrected chi connectivity index (χ3v) is 4.71. The van der Waals surface area contributed by atoms with Crippen molar-refractivity contribution in [3.8, 4) is 0 Å². The Bertz CT molecular complexity index is 1290. The van der Waals surface area contributed by atoms with Crippen LogP contribution in [0.15, 0.2) is 47.4 Å². The van der Waals surface area contributed by atoms with Crippen LogP contribution in [0.2, 0.25) is 0 Å². The van der Waals surface area contributed by atoms with E-state index in [2.05, 4.69) is 66.2 Å². The zero-order chi connectivity index (χ0) is 18.2. The number of aromatic amines is 2. The van der Waals surface area contributed by atoms with Crippen molar-refractivity contribution in [2.45, 2.75) is 0 Å². The lowest BCUT2D eigenvalue weighted by Gasteiger charge is -1.88. The SMILES string of the molecule is BrC=Cc1cc2cc3ccc(cc4nc(cc5nc(cc1[nH]2)C=C5)C=C4)[nH]3. The van der Waals surface area contributed by atoms with Gasteiger partial charge in [-0.2, -0.15) is 0 Å². The average molecular weight is 415 g/mol. The summed E-state index contributed by atoms with van der Waals surface area (Å²) in [6.45, 7) is 0. The number of nitrogens with one attached hydrogen (secondary N) is 2. The number of aromatic nitrogens is 4. The molecule has 0 fully saturated rings. The monoisotopic (exact) mass is 414 g/mol. The molecule has 5 rings (SSSR count). The van der Waals surface area contributed by atoms with E-state index in [0.717, 1.165) is 50.4 Å². The Kier molecular flexibility index (Phi) is 3.87. The van der Waals surface area contributed by atoms with Crippen molar-refractivity contribution in [3.05, 3.63) is 75.8 Å². The molecule has 5 heterocycles. The molecule has 5 heteroatoms. The second kappa shape index (κ2) is 6.52. The topological polar surface area (TPSA) is 57.4 Å². The van der Waals surface area contributed by atoms with Crippen molar-refractivity contribution in [1.29, 1.82) is 0 Å². The molecule has 0 atom stereocenters. The maximum Gasteiger partial charge on any atom is 0.0659 e. The summed E-state index contributed by atoms with van der Waals surface area (Å²) in [5.41, 5.74) is 8.82. The summed E-state index contributed by atoms with van der Waals surface area (Å²) < 4.78 is 0. The van der Waals surface area contributed by atoms with Crippen molar-refractivity contribution < 1.29 is 0 Å². The number of fused-ring (bicyclic) bond motifs is 8. The molecule has 2 aliphatic heterocycles. The standard InChI is InChI=1S/C22H15BrN4/c23-8-7-14-9-21-12-19-4-3-17(25-19)10-15-1-2-16(24-15)11-18-5-6-20(26-18)13-22(14)27-21/h1-13,25,27H. The third-order valence-electron chi connectivity index (χ3n) is 4.44. The summed E-state index contributed by atoms with van der Waals surface area (Å²) in [5, 5.41) is 0. The maximum absolute atomic E-state index is 4.69. The maximum atomic E-state index is 4.69. The Morgan fingerprint density at radius 2 is 1.30 bits per heavy atom. The normalized spacial score (nSPS) is 12.9. The van der Waals surface area contributed by atoms with Gasteiger partial charge in [-0.25, -0.2) is 9.97 Å². The molecule has 2 N–H and O–H groups in total. The number of hydrogen-bond donors (Lipinski definition) is 2. The molecule has 0 radical (unpaired) electrons. The Morgan fingerprint density at radius 3 is 2.00 bits per heavy atom. The van der Waals surface area contributed by atoms with E-state index in [1.807, 2.05) is 47.5 Å². The van der Waals surface area contributed by atoms with Crippen LogP contribution in [-0.4, -0.2) is 19.9 Å². The Labute approximate surface area is 164 Å². The predicted molar refractivity (Wildman–Crippen MR) is 117 cm³/mol. The lowest BCUT2D eigenvalue weighted by molar-refractivity contribution is 1.28. The molecule has 0 spiro atoms. The Balaban J connectivity index is 1.86. The summed E-state index contributed by atoms with van der Waals surface area (Å²) in [7, 11) is 0. The molecule has 0 saturated heterocycles. The lowest BCUT2D eigenvalue weighted by Crippen LogP contribution is -1.77. The van der Waals surface area contributed by atoms with Gasteiger partial charge in [0, 0.05) is 27.6 Å². The van der Waals surface area contributed by atoms with E-state index in [-0.39, 0.29) is 0 Å². The Morgan fingerprint density at radius 1 is 0.667 bits per heavy atom. The van der Waals surface area contributed by atoms with E-state index in [1.54, 1.807) is 0 Å². The van der Waals surface area contributed by atoms with Crippen LogP contribution in [0.5, 0.6) is 0 Å². The minimum Gasteiger partial charge on any atom is -0.355 e. The zero-order valence-corrected chi connectivity index (χ0v) is 15.9. The van der Waals surface area contributed by atoms with Gasteiger partial charge in [0.15, 0.2) is 0 Å². The summed E-state index contributed by atoms with van der Waals surface area (Å²) in [6, 6.07) is 14.4. The fourth-order valence-electron chi connectivity index (χ4n) is 3.25. The summed E-state index contributed by atoms with van der Waals surface area (Å²) in [5.74, 6) is 0. The molecule has 0 aromatic carbocycles. The van der Waals surface area contributed by atoms with Crippen LogP contribution in [0.3, 0.4) is 0 Å². The first-order valence-corrected chi connectivity index (χ1v) is 9.52. The lowest BCUT2D eigenvalue weighted by atomic mass is 10.2. The molecule has 130 valence electrons. The second-order valence-corrected chi connectivity index (χ2v) is 6.95. The van der Waals surface area contributed by atoms with Crippen molar-refractivity contribution in [1.82, 2.24) is 19.9 Å². The van der Waals surface area contributed by atoms with E-state index < -0.39 is 0 Å². The number of hydrogen-bond acceptors (Lipinski definition) is 2. The molecule has 3 aromatic rings. The molecule has 27 heavy (non-hydrogen) atoms. The van der Waals surface area contributed by atoms with Crippen LogP contribution in [-0.2, 0) is 0 Å².